The van der Waals surface area contributed by atoms with Crippen molar-refractivity contribution < 1.29 is 9.53 Å². The zero-order valence-corrected chi connectivity index (χ0v) is 21.6. The first-order valence-corrected chi connectivity index (χ1v) is 10.9. The molecule has 0 atom stereocenters. The lowest BCUT2D eigenvalue weighted by Gasteiger charge is -2.33. The number of carbonyl (C=O) groups excluding carboxylic acids is 1. The van der Waals surface area contributed by atoms with Crippen molar-refractivity contribution >= 4 is 47.4 Å². The first-order valence-electron chi connectivity index (χ1n) is 10.0. The van der Waals surface area contributed by atoms with Gasteiger partial charge in [-0.15, -0.1) is 35.3 Å². The van der Waals surface area contributed by atoms with E-state index in [1.54, 1.807) is 18.4 Å². The fourth-order valence-corrected chi connectivity index (χ4v) is 3.83. The average Bonchev–Trinajstić information content (AvgIpc) is 3.10. The molecule has 0 radical (unpaired) electrons. The van der Waals surface area contributed by atoms with Crippen LogP contribution in [0.4, 0.5) is 4.79 Å². The van der Waals surface area contributed by atoms with Crippen molar-refractivity contribution in [3.63, 3.8) is 0 Å². The van der Waals surface area contributed by atoms with Gasteiger partial charge in [-0.25, -0.2) is 9.78 Å². The predicted molar refractivity (Wildman–Crippen MR) is 130 cm³/mol. The molecule has 1 aromatic heterocycles. The van der Waals surface area contributed by atoms with E-state index in [2.05, 4.69) is 39.8 Å². The van der Waals surface area contributed by atoms with E-state index in [0.29, 0.717) is 18.4 Å². The highest BCUT2D eigenvalue weighted by Gasteiger charge is 2.26. The lowest BCUT2D eigenvalue weighted by Crippen LogP contribution is -2.45. The zero-order chi connectivity index (χ0) is 20.7. The van der Waals surface area contributed by atoms with E-state index in [4.69, 9.17) is 4.74 Å². The van der Waals surface area contributed by atoms with Crippen LogP contribution < -0.4 is 10.6 Å². The second-order valence-corrected chi connectivity index (χ2v) is 9.48. The Morgan fingerprint density at radius 3 is 2.52 bits per heavy atom. The Morgan fingerprint density at radius 1 is 1.34 bits per heavy atom. The number of amides is 1. The van der Waals surface area contributed by atoms with E-state index in [-0.39, 0.29) is 30.1 Å². The van der Waals surface area contributed by atoms with E-state index >= 15 is 0 Å². The quantitative estimate of drug-likeness (QED) is 0.335. The lowest BCUT2D eigenvalue weighted by molar-refractivity contribution is 0.0185. The van der Waals surface area contributed by atoms with Crippen LogP contribution in [-0.2, 0) is 11.3 Å². The lowest BCUT2D eigenvalue weighted by atomic mass is 9.97. The number of rotatable bonds is 5. The number of hydrogen-bond acceptors (Lipinski definition) is 5. The van der Waals surface area contributed by atoms with Crippen molar-refractivity contribution in [2.24, 2.45) is 10.9 Å². The Morgan fingerprint density at radius 2 is 2.00 bits per heavy atom. The van der Waals surface area contributed by atoms with Crippen molar-refractivity contribution in [3.8, 4) is 0 Å². The number of carbonyl (C=O) groups is 1. The number of nitrogens with one attached hydrogen (secondary N) is 2. The summed E-state index contributed by atoms with van der Waals surface area (Å²) in [6, 6.07) is 0. The molecule has 2 rings (SSSR count). The predicted octanol–water partition coefficient (Wildman–Crippen LogP) is 4.20. The van der Waals surface area contributed by atoms with Crippen molar-refractivity contribution in [3.05, 3.63) is 16.1 Å². The van der Waals surface area contributed by atoms with Crippen LogP contribution in [0.2, 0.25) is 0 Å². The van der Waals surface area contributed by atoms with Crippen molar-refractivity contribution in [1.82, 2.24) is 20.5 Å². The summed E-state index contributed by atoms with van der Waals surface area (Å²) in [6.07, 6.45) is 1.72. The fraction of sp³-hybridized carbons (Fsp3) is 0.750. The number of piperidine rings is 1. The van der Waals surface area contributed by atoms with Crippen LogP contribution in [0, 0.1) is 5.92 Å². The monoisotopic (exact) mass is 537 g/mol. The van der Waals surface area contributed by atoms with Gasteiger partial charge >= 0.3 is 6.09 Å². The van der Waals surface area contributed by atoms with Gasteiger partial charge in [-0.1, -0.05) is 13.8 Å². The van der Waals surface area contributed by atoms with E-state index < -0.39 is 5.60 Å². The molecule has 2 heterocycles. The summed E-state index contributed by atoms with van der Waals surface area (Å²) in [4.78, 5) is 22.9. The number of likely N-dealkylation sites (tertiary alicyclic amines) is 1. The molecule has 9 heteroatoms. The number of guanidine groups is 1. The molecular weight excluding hydrogens is 501 g/mol. The Labute approximate surface area is 196 Å². The number of aliphatic imine (C=N–C) groups is 1. The number of thiazole rings is 1. The third kappa shape index (κ3) is 9.06. The maximum absolute atomic E-state index is 12.2. The molecule has 1 aromatic rings. The summed E-state index contributed by atoms with van der Waals surface area (Å²) in [5.74, 6) is 1.76. The maximum Gasteiger partial charge on any atom is 0.410 e. The average molecular weight is 538 g/mol. The Bertz CT molecular complexity index is 664. The van der Waals surface area contributed by atoms with Gasteiger partial charge in [0, 0.05) is 32.1 Å². The number of ether oxygens (including phenoxy) is 1. The molecule has 0 aromatic carbocycles. The Hall–Kier alpha value is -1.10. The maximum atomic E-state index is 12.2. The smallest absolute Gasteiger partial charge is 0.410 e. The molecule has 1 saturated heterocycles. The standard InChI is InChI=1S/C20H35N5O2S.HI/c1-14(2)16-13-28-17(24-16)12-23-18(21-6)22-11-15-7-9-25(10-8-15)19(26)27-20(3,4)5;/h13-15H,7-12H2,1-6H3,(H2,21,22,23);1H. The molecule has 0 bridgehead atoms. The number of halogens is 1. The molecular formula is C20H36IN5O2S. The number of hydrogen-bond donors (Lipinski definition) is 2. The van der Waals surface area contributed by atoms with Crippen LogP contribution in [0.3, 0.4) is 0 Å². The number of nitrogens with zero attached hydrogens (tertiary/aromatic N) is 3. The highest BCUT2D eigenvalue weighted by atomic mass is 127. The van der Waals surface area contributed by atoms with Crippen molar-refractivity contribution in [2.45, 2.75) is 65.5 Å². The van der Waals surface area contributed by atoms with Gasteiger partial charge in [0.25, 0.3) is 0 Å². The highest BCUT2D eigenvalue weighted by molar-refractivity contribution is 14.0. The van der Waals surface area contributed by atoms with Gasteiger partial charge in [0.15, 0.2) is 5.96 Å². The molecule has 1 fully saturated rings. The van der Waals surface area contributed by atoms with Crippen LogP contribution in [0.25, 0.3) is 0 Å². The molecule has 166 valence electrons. The molecule has 29 heavy (non-hydrogen) atoms. The first kappa shape index (κ1) is 25.9. The first-order chi connectivity index (χ1) is 13.2. The molecule has 1 aliphatic rings. The molecule has 0 spiro atoms. The third-order valence-corrected chi connectivity index (χ3v) is 5.48. The number of aromatic nitrogens is 1. The molecule has 0 aliphatic carbocycles. The van der Waals surface area contributed by atoms with Gasteiger partial charge in [-0.2, -0.15) is 0 Å². The zero-order valence-electron chi connectivity index (χ0n) is 18.4. The van der Waals surface area contributed by atoms with E-state index in [0.717, 1.165) is 49.1 Å². The van der Waals surface area contributed by atoms with Gasteiger partial charge in [0.1, 0.15) is 10.6 Å². The van der Waals surface area contributed by atoms with E-state index in [1.165, 1.54) is 0 Å². The Balaban J connectivity index is 0.00000420. The molecule has 1 aliphatic heterocycles. The van der Waals surface area contributed by atoms with Gasteiger partial charge in [-0.3, -0.25) is 4.99 Å². The second kappa shape index (κ2) is 11.9. The van der Waals surface area contributed by atoms with E-state index in [1.807, 2.05) is 25.7 Å². The third-order valence-electron chi connectivity index (χ3n) is 4.62. The van der Waals surface area contributed by atoms with Crippen LogP contribution >= 0.6 is 35.3 Å². The summed E-state index contributed by atoms with van der Waals surface area (Å²) in [5.41, 5.74) is 0.697. The topological polar surface area (TPSA) is 78.9 Å². The van der Waals surface area contributed by atoms with Gasteiger partial charge < -0.3 is 20.3 Å². The van der Waals surface area contributed by atoms with Gasteiger partial charge in [-0.05, 0) is 45.4 Å². The van der Waals surface area contributed by atoms with Crippen molar-refractivity contribution in [1.29, 1.82) is 0 Å². The minimum absolute atomic E-state index is 0. The van der Waals surface area contributed by atoms with Crippen LogP contribution in [0.15, 0.2) is 10.4 Å². The summed E-state index contributed by atoms with van der Waals surface area (Å²) < 4.78 is 5.46. The molecule has 0 saturated carbocycles. The minimum Gasteiger partial charge on any atom is -0.444 e. The molecule has 7 nitrogen and oxygen atoms in total. The van der Waals surface area contributed by atoms with Gasteiger partial charge in [0.2, 0.25) is 0 Å². The normalized spacial score (nSPS) is 15.8. The van der Waals surface area contributed by atoms with Crippen LogP contribution in [-0.4, -0.2) is 54.2 Å². The van der Waals surface area contributed by atoms with E-state index in [9.17, 15) is 4.79 Å². The summed E-state index contributed by atoms with van der Waals surface area (Å²) in [7, 11) is 1.78. The summed E-state index contributed by atoms with van der Waals surface area (Å²) in [5, 5.41) is 9.92. The van der Waals surface area contributed by atoms with Crippen LogP contribution in [0.1, 0.15) is 64.1 Å². The Kier molecular flexibility index (Phi) is 10.7. The van der Waals surface area contributed by atoms with Crippen LogP contribution in [0.5, 0.6) is 0 Å². The minimum atomic E-state index is -0.443. The SMILES string of the molecule is CN=C(NCc1nc(C(C)C)cs1)NCC1CCN(C(=O)OC(C)(C)C)CC1.I. The van der Waals surface area contributed by atoms with Crippen molar-refractivity contribution in [2.75, 3.05) is 26.7 Å². The summed E-state index contributed by atoms with van der Waals surface area (Å²) in [6.45, 7) is 13.0. The fourth-order valence-electron chi connectivity index (χ4n) is 2.94. The molecule has 2 N–H and O–H groups in total. The van der Waals surface area contributed by atoms with Gasteiger partial charge in [0.05, 0.1) is 12.2 Å². The molecule has 0 unspecified atom stereocenters. The summed E-state index contributed by atoms with van der Waals surface area (Å²) >= 11 is 1.68. The largest absolute Gasteiger partial charge is 0.444 e. The molecule has 1 amide bonds. The second-order valence-electron chi connectivity index (χ2n) is 8.54. The highest BCUT2D eigenvalue weighted by Crippen LogP contribution is 2.19.